The van der Waals surface area contributed by atoms with E-state index in [9.17, 15) is 19.7 Å². The molecule has 1 atom stereocenters. The second-order valence-electron chi connectivity index (χ2n) is 7.84. The van der Waals surface area contributed by atoms with Crippen LogP contribution >= 0.6 is 0 Å². The van der Waals surface area contributed by atoms with Crippen molar-refractivity contribution >= 4 is 22.6 Å². The predicted molar refractivity (Wildman–Crippen MR) is 118 cm³/mol. The van der Waals surface area contributed by atoms with Gasteiger partial charge in [0.05, 0.1) is 21.9 Å². The first-order chi connectivity index (χ1) is 15.4. The Morgan fingerprint density at radius 3 is 2.34 bits per heavy atom. The maximum Gasteiger partial charge on any atom is 0.291 e. The first-order valence-electron chi connectivity index (χ1n) is 10.1. The Bertz CT molecular complexity index is 1420. The number of fused-ring (bicyclic) bond motifs is 2. The van der Waals surface area contributed by atoms with Crippen molar-refractivity contribution in [2.75, 3.05) is 0 Å². The average molecular weight is 426 g/mol. The molecule has 7 nitrogen and oxygen atoms in total. The number of carbonyl (C=O) groups is 1. The molecular formula is C25H18N2O5. The third-order valence-corrected chi connectivity index (χ3v) is 5.77. The van der Waals surface area contributed by atoms with E-state index in [0.717, 1.165) is 11.1 Å². The van der Waals surface area contributed by atoms with Gasteiger partial charge in [-0.05, 0) is 42.3 Å². The summed E-state index contributed by atoms with van der Waals surface area (Å²) >= 11 is 0. The smallest absolute Gasteiger partial charge is 0.291 e. The van der Waals surface area contributed by atoms with Crippen LogP contribution in [-0.4, -0.2) is 15.7 Å². The molecule has 0 saturated carbocycles. The van der Waals surface area contributed by atoms with Gasteiger partial charge >= 0.3 is 0 Å². The van der Waals surface area contributed by atoms with Crippen LogP contribution in [0.4, 0.5) is 5.69 Å². The van der Waals surface area contributed by atoms with E-state index in [2.05, 4.69) is 0 Å². The lowest BCUT2D eigenvalue weighted by molar-refractivity contribution is -0.384. The van der Waals surface area contributed by atoms with E-state index in [1.54, 1.807) is 41.3 Å². The minimum absolute atomic E-state index is 0.0177. The van der Waals surface area contributed by atoms with Gasteiger partial charge < -0.3 is 9.32 Å². The second kappa shape index (κ2) is 7.46. The average Bonchev–Trinajstić information content (AvgIpc) is 3.07. The van der Waals surface area contributed by atoms with Crippen LogP contribution in [0.3, 0.4) is 0 Å². The first-order valence-corrected chi connectivity index (χ1v) is 10.1. The lowest BCUT2D eigenvalue weighted by atomic mass is 9.98. The Kier molecular flexibility index (Phi) is 4.59. The van der Waals surface area contributed by atoms with Gasteiger partial charge in [-0.3, -0.25) is 19.7 Å². The molecule has 2 heterocycles. The molecule has 1 aromatic heterocycles. The number of rotatable bonds is 4. The molecule has 1 unspecified atom stereocenters. The second-order valence-corrected chi connectivity index (χ2v) is 7.84. The van der Waals surface area contributed by atoms with Crippen molar-refractivity contribution in [1.82, 2.24) is 4.90 Å². The van der Waals surface area contributed by atoms with Gasteiger partial charge in [0.1, 0.15) is 5.58 Å². The molecule has 1 aliphatic heterocycles. The number of nitro benzene ring substituents is 1. The first kappa shape index (κ1) is 19.7. The van der Waals surface area contributed by atoms with Gasteiger partial charge in [0, 0.05) is 18.7 Å². The van der Waals surface area contributed by atoms with Crippen LogP contribution in [0.15, 0.2) is 82.0 Å². The number of hydrogen-bond donors (Lipinski definition) is 0. The molecule has 4 aromatic rings. The Morgan fingerprint density at radius 1 is 0.969 bits per heavy atom. The number of para-hydroxylation sites is 1. The van der Waals surface area contributed by atoms with Gasteiger partial charge in [-0.2, -0.15) is 0 Å². The Hall–Kier alpha value is -4.26. The molecule has 32 heavy (non-hydrogen) atoms. The molecular weight excluding hydrogens is 408 g/mol. The highest BCUT2D eigenvalue weighted by Crippen LogP contribution is 2.39. The molecule has 3 aromatic carbocycles. The molecule has 0 bridgehead atoms. The fourth-order valence-corrected chi connectivity index (χ4v) is 4.15. The third kappa shape index (κ3) is 3.15. The van der Waals surface area contributed by atoms with Gasteiger partial charge in [-0.25, -0.2) is 0 Å². The number of aryl methyl sites for hydroxylation is 1. The number of nitro groups is 1. The largest absolute Gasteiger partial charge is 0.450 e. The van der Waals surface area contributed by atoms with Crippen LogP contribution in [0.5, 0.6) is 0 Å². The molecule has 0 aliphatic carbocycles. The molecule has 0 fully saturated rings. The van der Waals surface area contributed by atoms with Crippen molar-refractivity contribution in [1.29, 1.82) is 0 Å². The van der Waals surface area contributed by atoms with Crippen molar-refractivity contribution in [2.45, 2.75) is 19.5 Å². The van der Waals surface area contributed by atoms with Crippen LogP contribution in [0, 0.1) is 17.0 Å². The highest BCUT2D eigenvalue weighted by molar-refractivity contribution is 5.99. The number of hydrogen-bond acceptors (Lipinski definition) is 5. The lowest BCUT2D eigenvalue weighted by Crippen LogP contribution is -2.29. The summed E-state index contributed by atoms with van der Waals surface area (Å²) in [6, 6.07) is 19.8. The van der Waals surface area contributed by atoms with E-state index in [1.807, 2.05) is 31.2 Å². The molecule has 7 heteroatoms. The lowest BCUT2D eigenvalue weighted by Gasteiger charge is -2.25. The highest BCUT2D eigenvalue weighted by atomic mass is 16.6. The predicted octanol–water partition coefficient (Wildman–Crippen LogP) is 4.76. The zero-order valence-electron chi connectivity index (χ0n) is 17.1. The van der Waals surface area contributed by atoms with E-state index in [1.165, 1.54) is 12.1 Å². The summed E-state index contributed by atoms with van der Waals surface area (Å²) < 4.78 is 5.90. The molecule has 158 valence electrons. The van der Waals surface area contributed by atoms with E-state index in [4.69, 9.17) is 4.42 Å². The van der Waals surface area contributed by atoms with Gasteiger partial charge in [0.2, 0.25) is 5.76 Å². The fourth-order valence-electron chi connectivity index (χ4n) is 4.15. The summed E-state index contributed by atoms with van der Waals surface area (Å²) in [6.45, 7) is 2.25. The SMILES string of the molecule is Cc1ccc(CN2C(=O)c3oc4ccccc4c(=O)c3C2c2ccc([N+](=O)[O-])cc2)cc1. The van der Waals surface area contributed by atoms with Crippen LogP contribution in [0.25, 0.3) is 11.0 Å². The van der Waals surface area contributed by atoms with E-state index in [-0.39, 0.29) is 34.9 Å². The maximum atomic E-state index is 13.4. The Balaban J connectivity index is 1.69. The number of amides is 1. The molecule has 0 spiro atoms. The maximum absolute atomic E-state index is 13.4. The normalized spacial score (nSPS) is 15.2. The van der Waals surface area contributed by atoms with Crippen molar-refractivity contribution in [3.05, 3.63) is 121 Å². The summed E-state index contributed by atoms with van der Waals surface area (Å²) in [5, 5.41) is 11.5. The standard InChI is InChI=1S/C25H18N2O5/c1-15-6-8-16(9-7-15)14-26-22(17-10-12-18(13-11-17)27(30)31)21-23(28)19-4-2-3-5-20(19)32-24(21)25(26)29/h2-13,22H,14H2,1H3. The molecule has 1 amide bonds. The van der Waals surface area contributed by atoms with Crippen LogP contribution in [0.1, 0.15) is 38.9 Å². The zero-order valence-corrected chi connectivity index (χ0v) is 17.1. The van der Waals surface area contributed by atoms with Gasteiger partial charge in [-0.15, -0.1) is 0 Å². The summed E-state index contributed by atoms with van der Waals surface area (Å²) in [5.74, 6) is -0.365. The Labute approximate surface area is 182 Å². The molecule has 0 radical (unpaired) electrons. The highest BCUT2D eigenvalue weighted by Gasteiger charge is 2.42. The van der Waals surface area contributed by atoms with E-state index >= 15 is 0 Å². The van der Waals surface area contributed by atoms with Gasteiger partial charge in [0.15, 0.2) is 5.43 Å². The van der Waals surface area contributed by atoms with Crippen molar-refractivity contribution in [2.24, 2.45) is 0 Å². The van der Waals surface area contributed by atoms with Crippen molar-refractivity contribution in [3.63, 3.8) is 0 Å². The third-order valence-electron chi connectivity index (χ3n) is 5.77. The monoisotopic (exact) mass is 426 g/mol. The summed E-state index contributed by atoms with van der Waals surface area (Å²) in [5.41, 5.74) is 2.88. The minimum Gasteiger partial charge on any atom is -0.450 e. The molecule has 5 rings (SSSR count). The number of benzene rings is 3. The summed E-state index contributed by atoms with van der Waals surface area (Å²) in [4.78, 5) is 39.0. The van der Waals surface area contributed by atoms with Crippen LogP contribution < -0.4 is 5.43 Å². The number of carbonyl (C=O) groups excluding carboxylic acids is 1. The van der Waals surface area contributed by atoms with Crippen LogP contribution in [-0.2, 0) is 6.54 Å². The molecule has 0 saturated heterocycles. The van der Waals surface area contributed by atoms with Crippen molar-refractivity contribution < 1.29 is 14.1 Å². The number of non-ortho nitro benzene ring substituents is 1. The van der Waals surface area contributed by atoms with Gasteiger partial charge in [-0.1, -0.05) is 42.0 Å². The zero-order chi connectivity index (χ0) is 22.4. The number of nitrogens with zero attached hydrogens (tertiary/aromatic N) is 2. The molecule has 0 N–H and O–H groups in total. The minimum atomic E-state index is -0.708. The fraction of sp³-hybridized carbons (Fsp3) is 0.120. The molecule has 1 aliphatic rings. The van der Waals surface area contributed by atoms with Crippen LogP contribution in [0.2, 0.25) is 0 Å². The van der Waals surface area contributed by atoms with E-state index < -0.39 is 11.0 Å². The van der Waals surface area contributed by atoms with Gasteiger partial charge in [0.25, 0.3) is 11.6 Å². The quantitative estimate of drug-likeness (QED) is 0.347. The summed E-state index contributed by atoms with van der Waals surface area (Å²) in [7, 11) is 0. The Morgan fingerprint density at radius 2 is 1.66 bits per heavy atom. The van der Waals surface area contributed by atoms with Crippen molar-refractivity contribution in [3.8, 4) is 0 Å². The summed E-state index contributed by atoms with van der Waals surface area (Å²) in [6.07, 6.45) is 0. The van der Waals surface area contributed by atoms with E-state index in [0.29, 0.717) is 16.5 Å². The topological polar surface area (TPSA) is 93.7 Å².